The lowest BCUT2D eigenvalue weighted by Crippen LogP contribution is -2.47. The number of pyridine rings is 1. The minimum absolute atomic E-state index is 0.146. The Bertz CT molecular complexity index is 1270. The van der Waals surface area contributed by atoms with Crippen LogP contribution < -0.4 is 15.6 Å². The molecule has 11 heteroatoms. The molecule has 2 aromatic carbocycles. The lowest BCUT2D eigenvalue weighted by atomic mass is 10.2. The van der Waals surface area contributed by atoms with Crippen molar-refractivity contribution in [3.05, 3.63) is 75.5 Å². The fourth-order valence-electron chi connectivity index (χ4n) is 3.82. The van der Waals surface area contributed by atoms with Gasteiger partial charge in [0.05, 0.1) is 0 Å². The number of halogens is 1. The molecule has 1 aliphatic heterocycles. The molecular weight excluding hydrogens is 488 g/mol. The molecule has 0 bridgehead atoms. The number of carbonyl (C=O) groups excluding carboxylic acids is 1. The first-order valence-electron chi connectivity index (χ1n) is 11.3. The number of aromatic amines is 1. The Labute approximate surface area is 212 Å². The summed E-state index contributed by atoms with van der Waals surface area (Å²) in [6.45, 7) is 5.40. The maximum absolute atomic E-state index is 12.4. The number of nitrogens with one attached hydrogen (secondary N) is 2. The highest BCUT2D eigenvalue weighted by Gasteiger charge is 2.17. The van der Waals surface area contributed by atoms with Crippen LogP contribution in [0.15, 0.2) is 59.4 Å². The molecule has 4 rings (SSSR count). The number of aliphatic carboxylic acids is 2. The van der Waals surface area contributed by atoms with Gasteiger partial charge in [-0.1, -0.05) is 29.8 Å². The molecule has 2 heterocycles. The minimum atomic E-state index is -1.82. The van der Waals surface area contributed by atoms with Crippen LogP contribution in [-0.4, -0.2) is 77.2 Å². The fourth-order valence-corrected chi connectivity index (χ4v) is 4.01. The number of benzene rings is 2. The number of rotatable bonds is 6. The van der Waals surface area contributed by atoms with Crippen molar-refractivity contribution in [2.45, 2.75) is 6.42 Å². The Morgan fingerprint density at radius 3 is 2.31 bits per heavy atom. The van der Waals surface area contributed by atoms with Crippen LogP contribution in [0.2, 0.25) is 5.02 Å². The van der Waals surface area contributed by atoms with E-state index in [4.69, 9.17) is 31.4 Å². The van der Waals surface area contributed by atoms with Gasteiger partial charge >= 0.3 is 11.9 Å². The molecule has 190 valence electrons. The normalized spacial score (nSPS) is 13.5. The zero-order valence-electron chi connectivity index (χ0n) is 19.4. The van der Waals surface area contributed by atoms with Gasteiger partial charge in [-0.15, -0.1) is 0 Å². The first-order chi connectivity index (χ1) is 17.2. The molecule has 0 radical (unpaired) electrons. The number of carboxylic acid groups (broad SMARTS) is 2. The van der Waals surface area contributed by atoms with Gasteiger partial charge in [-0.3, -0.25) is 14.5 Å². The number of nitrogens with zero attached hydrogens (tertiary/aromatic N) is 2. The SMILES string of the molecule is O=C(NCCCN1CCN(c2cccc(Cl)c2)CC1)c1cc(=O)c2ccccc2[nH]1.O=C(O)C(=O)O. The zero-order valence-corrected chi connectivity index (χ0v) is 20.2. The summed E-state index contributed by atoms with van der Waals surface area (Å²) in [4.78, 5) is 50.6. The molecule has 36 heavy (non-hydrogen) atoms. The third kappa shape index (κ3) is 7.56. The minimum Gasteiger partial charge on any atom is -0.473 e. The Kier molecular flexibility index (Phi) is 9.43. The second kappa shape index (κ2) is 12.7. The predicted molar refractivity (Wildman–Crippen MR) is 137 cm³/mol. The molecular formula is C25H27ClN4O6. The summed E-state index contributed by atoms with van der Waals surface area (Å²) in [5.74, 6) is -3.89. The molecule has 1 saturated heterocycles. The molecule has 0 unspecified atom stereocenters. The van der Waals surface area contributed by atoms with Gasteiger partial charge in [-0.2, -0.15) is 0 Å². The highest BCUT2D eigenvalue weighted by Crippen LogP contribution is 2.20. The average molecular weight is 515 g/mol. The van der Waals surface area contributed by atoms with E-state index in [0.717, 1.165) is 44.2 Å². The number of para-hydroxylation sites is 1. The van der Waals surface area contributed by atoms with Crippen molar-refractivity contribution in [2.75, 3.05) is 44.2 Å². The van der Waals surface area contributed by atoms with Crippen LogP contribution in [-0.2, 0) is 9.59 Å². The summed E-state index contributed by atoms with van der Waals surface area (Å²) in [5.41, 5.74) is 1.99. The zero-order chi connectivity index (χ0) is 26.1. The standard InChI is InChI=1S/C23H25ClN4O2.C2H2O4/c24-17-5-3-6-18(15-17)28-13-11-27(12-14-28)10-4-9-25-23(30)21-16-22(29)19-7-1-2-8-20(19)26-21;3-1(4)2(5)6/h1-3,5-8,15-16H,4,9-14H2,(H,25,30)(H,26,29);(H,3,4)(H,5,6). The summed E-state index contributed by atoms with van der Waals surface area (Å²) in [6, 6.07) is 16.5. The van der Waals surface area contributed by atoms with Gasteiger partial charge in [0.1, 0.15) is 5.69 Å². The third-order valence-corrected chi connectivity index (χ3v) is 5.88. The Morgan fingerprint density at radius 1 is 0.944 bits per heavy atom. The second-order valence-electron chi connectivity index (χ2n) is 8.12. The van der Waals surface area contributed by atoms with Crippen molar-refractivity contribution < 1.29 is 24.6 Å². The maximum atomic E-state index is 12.4. The quantitative estimate of drug-likeness (QED) is 0.290. The lowest BCUT2D eigenvalue weighted by molar-refractivity contribution is -0.159. The van der Waals surface area contributed by atoms with Gasteiger partial charge in [-0.25, -0.2) is 9.59 Å². The van der Waals surface area contributed by atoms with E-state index in [1.807, 2.05) is 30.3 Å². The van der Waals surface area contributed by atoms with E-state index >= 15 is 0 Å². The van der Waals surface area contributed by atoms with E-state index in [2.05, 4.69) is 26.2 Å². The Hall–Kier alpha value is -3.89. The monoisotopic (exact) mass is 514 g/mol. The van der Waals surface area contributed by atoms with Crippen molar-refractivity contribution in [3.8, 4) is 0 Å². The van der Waals surface area contributed by atoms with E-state index in [9.17, 15) is 9.59 Å². The first kappa shape index (κ1) is 26.7. The lowest BCUT2D eigenvalue weighted by Gasteiger charge is -2.36. The molecule has 0 spiro atoms. The summed E-state index contributed by atoms with van der Waals surface area (Å²) in [7, 11) is 0. The number of carbonyl (C=O) groups is 3. The number of hydrogen-bond acceptors (Lipinski definition) is 6. The van der Waals surface area contributed by atoms with Gasteiger partial charge in [0.2, 0.25) is 0 Å². The molecule has 0 saturated carbocycles. The number of hydrogen-bond donors (Lipinski definition) is 4. The Morgan fingerprint density at radius 2 is 1.64 bits per heavy atom. The number of carboxylic acids is 2. The van der Waals surface area contributed by atoms with Crippen molar-refractivity contribution >= 4 is 46.0 Å². The summed E-state index contributed by atoms with van der Waals surface area (Å²) >= 11 is 6.09. The number of H-pyrrole nitrogens is 1. The molecule has 10 nitrogen and oxygen atoms in total. The van der Waals surface area contributed by atoms with E-state index in [0.29, 0.717) is 23.1 Å². The maximum Gasteiger partial charge on any atom is 0.414 e. The number of anilines is 1. The van der Waals surface area contributed by atoms with E-state index in [1.54, 1.807) is 12.1 Å². The largest absolute Gasteiger partial charge is 0.473 e. The first-order valence-corrected chi connectivity index (χ1v) is 11.7. The smallest absolute Gasteiger partial charge is 0.414 e. The van der Waals surface area contributed by atoms with Crippen molar-refractivity contribution in [1.29, 1.82) is 0 Å². The number of piperazine rings is 1. The van der Waals surface area contributed by atoms with Crippen LogP contribution in [0.4, 0.5) is 5.69 Å². The van der Waals surface area contributed by atoms with Gasteiger partial charge in [-0.05, 0) is 43.3 Å². The highest BCUT2D eigenvalue weighted by atomic mass is 35.5. The van der Waals surface area contributed by atoms with Crippen LogP contribution in [0, 0.1) is 0 Å². The van der Waals surface area contributed by atoms with Crippen LogP contribution in [0.1, 0.15) is 16.9 Å². The molecule has 1 amide bonds. The number of amides is 1. The van der Waals surface area contributed by atoms with E-state index in [1.165, 1.54) is 11.8 Å². The molecule has 3 aromatic rings. The summed E-state index contributed by atoms with van der Waals surface area (Å²) < 4.78 is 0. The predicted octanol–water partition coefficient (Wildman–Crippen LogP) is 2.28. The summed E-state index contributed by atoms with van der Waals surface area (Å²) in [5, 5.41) is 19.0. The topological polar surface area (TPSA) is 143 Å². The number of fused-ring (bicyclic) bond motifs is 1. The van der Waals surface area contributed by atoms with Gasteiger partial charge in [0.25, 0.3) is 5.91 Å². The molecule has 4 N–H and O–H groups in total. The van der Waals surface area contributed by atoms with Crippen LogP contribution in [0.5, 0.6) is 0 Å². The fraction of sp³-hybridized carbons (Fsp3) is 0.280. The molecule has 0 aliphatic carbocycles. The van der Waals surface area contributed by atoms with Gasteiger partial charge < -0.3 is 25.4 Å². The molecule has 1 aliphatic rings. The molecule has 0 atom stereocenters. The van der Waals surface area contributed by atoms with Gasteiger partial charge in [0, 0.05) is 60.4 Å². The van der Waals surface area contributed by atoms with Crippen molar-refractivity contribution in [2.24, 2.45) is 0 Å². The van der Waals surface area contributed by atoms with Crippen molar-refractivity contribution in [1.82, 2.24) is 15.2 Å². The van der Waals surface area contributed by atoms with Crippen molar-refractivity contribution in [3.63, 3.8) is 0 Å². The van der Waals surface area contributed by atoms with Crippen LogP contribution in [0.3, 0.4) is 0 Å². The van der Waals surface area contributed by atoms with Crippen LogP contribution in [0.25, 0.3) is 10.9 Å². The number of aromatic nitrogens is 1. The summed E-state index contributed by atoms with van der Waals surface area (Å²) in [6.07, 6.45) is 0.862. The van der Waals surface area contributed by atoms with E-state index in [-0.39, 0.29) is 11.3 Å². The molecule has 1 fully saturated rings. The Balaban J connectivity index is 0.000000538. The second-order valence-corrected chi connectivity index (χ2v) is 8.56. The van der Waals surface area contributed by atoms with Gasteiger partial charge in [0.15, 0.2) is 5.43 Å². The highest BCUT2D eigenvalue weighted by molar-refractivity contribution is 6.30. The average Bonchev–Trinajstić information content (AvgIpc) is 2.87. The van der Waals surface area contributed by atoms with Crippen LogP contribution >= 0.6 is 11.6 Å². The van der Waals surface area contributed by atoms with E-state index < -0.39 is 11.9 Å². The molecule has 1 aromatic heterocycles. The third-order valence-electron chi connectivity index (χ3n) is 5.65.